The number of amides is 1. The minimum atomic E-state index is -0.560. The van der Waals surface area contributed by atoms with E-state index in [1.54, 1.807) is 0 Å². The van der Waals surface area contributed by atoms with Crippen molar-refractivity contribution in [2.24, 2.45) is 5.92 Å². The number of rotatable bonds is 5. The van der Waals surface area contributed by atoms with Gasteiger partial charge in [0.25, 0.3) is 11.6 Å². The van der Waals surface area contributed by atoms with E-state index < -0.39 is 10.8 Å². The summed E-state index contributed by atoms with van der Waals surface area (Å²) in [6, 6.07) is 9.93. The molecule has 1 N–H and O–H groups in total. The van der Waals surface area contributed by atoms with E-state index in [-0.39, 0.29) is 16.3 Å². The number of nitrogens with zero attached hydrogens (tertiary/aromatic N) is 3. The first kappa shape index (κ1) is 20.7. The van der Waals surface area contributed by atoms with E-state index >= 15 is 0 Å². The van der Waals surface area contributed by atoms with Crippen LogP contribution in [0, 0.1) is 16.0 Å². The Morgan fingerprint density at radius 2 is 2.07 bits per heavy atom. The summed E-state index contributed by atoms with van der Waals surface area (Å²) < 4.78 is 0.985. The smallest absolute Gasteiger partial charge is 0.270 e. The van der Waals surface area contributed by atoms with Gasteiger partial charge in [0, 0.05) is 18.7 Å². The number of piperidine rings is 1. The molecule has 1 aliphatic heterocycles. The standard InChI is InChI=1S/C21H21ClN4O3S/c1-13-6-8-25(9-7-13)12-14-2-5-18-19(10-14)30-21(23-18)24-20(27)16-11-15(26(28)29)3-4-17(16)22/h2-5,10-11,13H,6-9,12H2,1H3,(H,23,24,27). The SMILES string of the molecule is CC1CCN(Cc2ccc3nc(NC(=O)c4cc([N+](=O)[O-])ccc4Cl)sc3c2)CC1. The number of carbonyl (C=O) groups excluding carboxylic acids is 1. The van der Waals surface area contributed by atoms with Crippen LogP contribution in [0.5, 0.6) is 0 Å². The maximum atomic E-state index is 12.6. The minimum Gasteiger partial charge on any atom is -0.299 e. The lowest BCUT2D eigenvalue weighted by Crippen LogP contribution is -2.32. The Morgan fingerprint density at radius 1 is 1.30 bits per heavy atom. The van der Waals surface area contributed by atoms with E-state index in [9.17, 15) is 14.9 Å². The van der Waals surface area contributed by atoms with E-state index in [0.29, 0.717) is 5.13 Å². The molecular formula is C21H21ClN4O3S. The molecule has 1 aliphatic rings. The van der Waals surface area contributed by atoms with Gasteiger partial charge in [-0.2, -0.15) is 0 Å². The molecule has 0 atom stereocenters. The van der Waals surface area contributed by atoms with Crippen LogP contribution in [-0.2, 0) is 6.54 Å². The molecule has 1 fully saturated rings. The summed E-state index contributed by atoms with van der Waals surface area (Å²) in [6.07, 6.45) is 2.47. The van der Waals surface area contributed by atoms with Crippen LogP contribution in [-0.4, -0.2) is 33.8 Å². The molecule has 0 saturated carbocycles. The second-order valence-electron chi connectivity index (χ2n) is 7.66. The zero-order valence-electron chi connectivity index (χ0n) is 16.4. The van der Waals surface area contributed by atoms with Gasteiger partial charge in [-0.05, 0) is 55.6 Å². The first-order valence-corrected chi connectivity index (χ1v) is 11.0. The Hall–Kier alpha value is -2.55. The third kappa shape index (κ3) is 4.61. The van der Waals surface area contributed by atoms with Crippen LogP contribution in [0.25, 0.3) is 10.2 Å². The Balaban J connectivity index is 1.49. The number of nitro benzene ring substituents is 1. The van der Waals surface area contributed by atoms with Gasteiger partial charge in [0.15, 0.2) is 5.13 Å². The molecule has 0 radical (unpaired) electrons. The molecule has 0 bridgehead atoms. The maximum absolute atomic E-state index is 12.6. The fourth-order valence-electron chi connectivity index (χ4n) is 3.56. The van der Waals surface area contributed by atoms with Gasteiger partial charge in [-0.1, -0.05) is 35.9 Å². The molecule has 0 spiro atoms. The number of thiazole rings is 1. The second-order valence-corrected chi connectivity index (χ2v) is 9.09. The van der Waals surface area contributed by atoms with Gasteiger partial charge in [-0.25, -0.2) is 4.98 Å². The van der Waals surface area contributed by atoms with Crippen LogP contribution in [0.2, 0.25) is 5.02 Å². The Labute approximate surface area is 182 Å². The van der Waals surface area contributed by atoms with Crippen molar-refractivity contribution in [3.05, 3.63) is 62.7 Å². The number of benzene rings is 2. The van der Waals surface area contributed by atoms with Crippen molar-refractivity contribution in [1.29, 1.82) is 0 Å². The van der Waals surface area contributed by atoms with Gasteiger partial charge in [-0.15, -0.1) is 0 Å². The summed E-state index contributed by atoms with van der Waals surface area (Å²) in [5.74, 6) is 0.279. The average Bonchev–Trinajstić information content (AvgIpc) is 3.11. The molecule has 3 aromatic rings. The van der Waals surface area contributed by atoms with Crippen LogP contribution in [0.4, 0.5) is 10.8 Å². The van der Waals surface area contributed by atoms with Crippen LogP contribution < -0.4 is 5.32 Å². The minimum absolute atomic E-state index is 0.0464. The predicted octanol–water partition coefficient (Wildman–Crippen LogP) is 5.34. The zero-order valence-corrected chi connectivity index (χ0v) is 18.0. The molecule has 9 heteroatoms. The van der Waals surface area contributed by atoms with Gasteiger partial charge in [0.1, 0.15) is 0 Å². The van der Waals surface area contributed by atoms with Gasteiger partial charge in [0.05, 0.1) is 25.7 Å². The van der Waals surface area contributed by atoms with Crippen LogP contribution in [0.3, 0.4) is 0 Å². The van der Waals surface area contributed by atoms with E-state index in [1.165, 1.54) is 47.9 Å². The molecule has 0 unspecified atom stereocenters. The Morgan fingerprint density at radius 3 is 2.80 bits per heavy atom. The fourth-order valence-corrected chi connectivity index (χ4v) is 4.69. The lowest BCUT2D eigenvalue weighted by Gasteiger charge is -2.30. The quantitative estimate of drug-likeness (QED) is 0.423. The monoisotopic (exact) mass is 444 g/mol. The van der Waals surface area contributed by atoms with Gasteiger partial charge < -0.3 is 0 Å². The van der Waals surface area contributed by atoms with E-state index in [1.807, 2.05) is 6.07 Å². The highest BCUT2D eigenvalue weighted by Gasteiger charge is 2.18. The summed E-state index contributed by atoms with van der Waals surface area (Å²) in [5, 5.41) is 14.3. The van der Waals surface area contributed by atoms with E-state index in [4.69, 9.17) is 11.6 Å². The first-order valence-electron chi connectivity index (χ1n) is 9.76. The third-order valence-corrected chi connectivity index (χ3v) is 6.62. The molecule has 1 amide bonds. The number of anilines is 1. The molecule has 1 aromatic heterocycles. The summed E-state index contributed by atoms with van der Waals surface area (Å²) >= 11 is 7.43. The lowest BCUT2D eigenvalue weighted by atomic mass is 9.99. The molecule has 2 heterocycles. The fraction of sp³-hybridized carbons (Fsp3) is 0.333. The zero-order chi connectivity index (χ0) is 21.3. The largest absolute Gasteiger partial charge is 0.299 e. The number of nitrogens with one attached hydrogen (secondary N) is 1. The van der Waals surface area contributed by atoms with Gasteiger partial charge >= 0.3 is 0 Å². The Bertz CT molecular complexity index is 1110. The number of aromatic nitrogens is 1. The topological polar surface area (TPSA) is 88.4 Å². The van der Waals surface area contributed by atoms with E-state index in [0.717, 1.165) is 35.8 Å². The normalized spacial score (nSPS) is 15.4. The third-order valence-electron chi connectivity index (χ3n) is 5.36. The van der Waals surface area contributed by atoms with Crippen molar-refractivity contribution >= 4 is 49.9 Å². The number of fused-ring (bicyclic) bond motifs is 1. The number of hydrogen-bond acceptors (Lipinski definition) is 6. The van der Waals surface area contributed by atoms with Crippen LogP contribution in [0.15, 0.2) is 36.4 Å². The molecule has 156 valence electrons. The van der Waals surface area contributed by atoms with Crippen LogP contribution >= 0.6 is 22.9 Å². The number of nitro groups is 1. The number of hydrogen-bond donors (Lipinski definition) is 1. The summed E-state index contributed by atoms with van der Waals surface area (Å²) in [7, 11) is 0. The number of carbonyl (C=O) groups is 1. The highest BCUT2D eigenvalue weighted by molar-refractivity contribution is 7.22. The molecule has 30 heavy (non-hydrogen) atoms. The summed E-state index contributed by atoms with van der Waals surface area (Å²) in [5.41, 5.74) is 1.88. The van der Waals surface area contributed by atoms with Crippen molar-refractivity contribution in [2.75, 3.05) is 18.4 Å². The predicted molar refractivity (Wildman–Crippen MR) is 119 cm³/mol. The van der Waals surface area contributed by atoms with Crippen molar-refractivity contribution in [3.63, 3.8) is 0 Å². The Kier molecular flexibility index (Phi) is 5.99. The first-order chi connectivity index (χ1) is 14.4. The number of non-ortho nitro benzene ring substituents is 1. The number of halogens is 1. The van der Waals surface area contributed by atoms with Crippen molar-refractivity contribution in [2.45, 2.75) is 26.3 Å². The lowest BCUT2D eigenvalue weighted by molar-refractivity contribution is -0.384. The second kappa shape index (κ2) is 8.67. The van der Waals surface area contributed by atoms with Crippen LogP contribution in [0.1, 0.15) is 35.7 Å². The van der Waals surface area contributed by atoms with Gasteiger partial charge in [-0.3, -0.25) is 25.1 Å². The molecular weight excluding hydrogens is 424 g/mol. The number of likely N-dealkylation sites (tertiary alicyclic amines) is 1. The molecule has 4 rings (SSSR count). The van der Waals surface area contributed by atoms with Gasteiger partial charge in [0.2, 0.25) is 0 Å². The summed E-state index contributed by atoms with van der Waals surface area (Å²) in [6.45, 7) is 5.45. The maximum Gasteiger partial charge on any atom is 0.270 e. The highest BCUT2D eigenvalue weighted by Crippen LogP contribution is 2.29. The van der Waals surface area contributed by atoms with Crippen molar-refractivity contribution in [1.82, 2.24) is 9.88 Å². The van der Waals surface area contributed by atoms with Crippen molar-refractivity contribution < 1.29 is 9.72 Å². The van der Waals surface area contributed by atoms with Crippen molar-refractivity contribution in [3.8, 4) is 0 Å². The molecule has 0 aliphatic carbocycles. The average molecular weight is 445 g/mol. The summed E-state index contributed by atoms with van der Waals surface area (Å²) in [4.78, 5) is 29.9. The molecule has 2 aromatic carbocycles. The molecule has 1 saturated heterocycles. The molecule has 7 nitrogen and oxygen atoms in total. The highest BCUT2D eigenvalue weighted by atomic mass is 35.5. The van der Waals surface area contributed by atoms with E-state index in [2.05, 4.69) is 34.3 Å².